The van der Waals surface area contributed by atoms with Gasteiger partial charge in [-0.15, -0.1) is 0 Å². The molecule has 3 rings (SSSR count). The van der Waals surface area contributed by atoms with E-state index in [0.29, 0.717) is 6.42 Å². The zero-order chi connectivity index (χ0) is 17.1. The number of aryl methyl sites for hydroxylation is 1. The van der Waals surface area contributed by atoms with Crippen molar-refractivity contribution in [3.8, 4) is 5.75 Å². The van der Waals surface area contributed by atoms with Gasteiger partial charge < -0.3 is 15.0 Å². The lowest BCUT2D eigenvalue weighted by molar-refractivity contribution is -0.121. The molecule has 2 N–H and O–H groups in total. The van der Waals surface area contributed by atoms with E-state index in [-0.39, 0.29) is 11.9 Å². The van der Waals surface area contributed by atoms with Crippen molar-refractivity contribution in [3.63, 3.8) is 0 Å². The largest absolute Gasteiger partial charge is 0.496 e. The standard InChI is InChI=1S/C20H22N2O2/c1-13-8-9-19(24-3)17(10-13)14(2)22-20(23)11-15-12-21-18-7-5-4-6-16(15)18/h4-10,12,14,21H,11H2,1-3H3,(H,22,23)/t14-/m1/s1. The molecule has 0 aliphatic carbocycles. The number of hydrogen-bond acceptors (Lipinski definition) is 2. The second kappa shape index (κ2) is 6.79. The van der Waals surface area contributed by atoms with Crippen molar-refractivity contribution >= 4 is 16.8 Å². The summed E-state index contributed by atoms with van der Waals surface area (Å²) >= 11 is 0. The van der Waals surface area contributed by atoms with E-state index in [1.165, 1.54) is 0 Å². The molecule has 4 nitrogen and oxygen atoms in total. The zero-order valence-corrected chi connectivity index (χ0v) is 14.2. The third kappa shape index (κ3) is 3.27. The van der Waals surface area contributed by atoms with Crippen LogP contribution in [-0.4, -0.2) is 18.0 Å². The van der Waals surface area contributed by atoms with Crippen LogP contribution in [0.1, 0.15) is 29.7 Å². The lowest BCUT2D eigenvalue weighted by Gasteiger charge is -2.18. The van der Waals surface area contributed by atoms with Gasteiger partial charge in [0.1, 0.15) is 5.75 Å². The van der Waals surface area contributed by atoms with Gasteiger partial charge in [-0.2, -0.15) is 0 Å². The molecule has 1 aromatic heterocycles. The van der Waals surface area contributed by atoms with Gasteiger partial charge in [0, 0.05) is 22.7 Å². The summed E-state index contributed by atoms with van der Waals surface area (Å²) in [6.45, 7) is 4.01. The van der Waals surface area contributed by atoms with Crippen molar-refractivity contribution in [2.24, 2.45) is 0 Å². The van der Waals surface area contributed by atoms with Gasteiger partial charge in [-0.05, 0) is 31.5 Å². The number of carbonyl (C=O) groups is 1. The van der Waals surface area contributed by atoms with Crippen LogP contribution in [-0.2, 0) is 11.2 Å². The molecule has 1 amide bonds. The number of aromatic nitrogens is 1. The molecule has 124 valence electrons. The molecule has 0 bridgehead atoms. The Morgan fingerprint density at radius 2 is 2.04 bits per heavy atom. The Kier molecular flexibility index (Phi) is 4.56. The van der Waals surface area contributed by atoms with Gasteiger partial charge in [0.25, 0.3) is 0 Å². The van der Waals surface area contributed by atoms with Crippen molar-refractivity contribution < 1.29 is 9.53 Å². The second-order valence-electron chi connectivity index (χ2n) is 6.07. The van der Waals surface area contributed by atoms with Crippen molar-refractivity contribution in [2.45, 2.75) is 26.3 Å². The number of benzene rings is 2. The quantitative estimate of drug-likeness (QED) is 0.748. The highest BCUT2D eigenvalue weighted by molar-refractivity contribution is 5.89. The van der Waals surface area contributed by atoms with Gasteiger partial charge in [0.05, 0.1) is 19.6 Å². The number of fused-ring (bicyclic) bond motifs is 1. The third-order valence-electron chi connectivity index (χ3n) is 4.26. The molecule has 0 saturated heterocycles. The second-order valence-corrected chi connectivity index (χ2v) is 6.07. The van der Waals surface area contributed by atoms with Crippen LogP contribution in [0.3, 0.4) is 0 Å². The number of para-hydroxylation sites is 1. The maximum absolute atomic E-state index is 12.5. The molecule has 0 radical (unpaired) electrons. The molecular weight excluding hydrogens is 300 g/mol. The Morgan fingerprint density at radius 1 is 1.25 bits per heavy atom. The van der Waals surface area contributed by atoms with Gasteiger partial charge in [0.2, 0.25) is 5.91 Å². The number of nitrogens with one attached hydrogen (secondary N) is 2. The average molecular weight is 322 g/mol. The molecular formula is C20H22N2O2. The van der Waals surface area contributed by atoms with E-state index in [0.717, 1.165) is 33.3 Å². The minimum atomic E-state index is -0.113. The number of hydrogen-bond donors (Lipinski definition) is 2. The lowest BCUT2D eigenvalue weighted by atomic mass is 10.0. The predicted octanol–water partition coefficient (Wildman–Crippen LogP) is 3.90. The smallest absolute Gasteiger partial charge is 0.224 e. The fraction of sp³-hybridized carbons (Fsp3) is 0.250. The molecule has 1 heterocycles. The average Bonchev–Trinajstić information content (AvgIpc) is 2.98. The fourth-order valence-electron chi connectivity index (χ4n) is 3.01. The van der Waals surface area contributed by atoms with E-state index in [1.54, 1.807) is 7.11 Å². The molecule has 0 aliphatic heterocycles. The first kappa shape index (κ1) is 16.1. The topological polar surface area (TPSA) is 54.1 Å². The van der Waals surface area contributed by atoms with Gasteiger partial charge in [-0.1, -0.05) is 35.9 Å². The van der Waals surface area contributed by atoms with Crippen LogP contribution in [0.4, 0.5) is 0 Å². The molecule has 1 atom stereocenters. The van der Waals surface area contributed by atoms with Crippen molar-refractivity contribution in [3.05, 3.63) is 65.4 Å². The SMILES string of the molecule is COc1ccc(C)cc1[C@@H](C)NC(=O)Cc1c[nH]c2ccccc12. The molecule has 2 aromatic carbocycles. The Labute approximate surface area is 141 Å². The molecule has 0 unspecified atom stereocenters. The number of methoxy groups -OCH3 is 1. The summed E-state index contributed by atoms with van der Waals surface area (Å²) in [5.74, 6) is 0.788. The van der Waals surface area contributed by atoms with Gasteiger partial charge in [-0.25, -0.2) is 0 Å². The normalized spacial score (nSPS) is 12.1. The first-order valence-electron chi connectivity index (χ1n) is 8.07. The summed E-state index contributed by atoms with van der Waals surface area (Å²) in [5.41, 5.74) is 4.19. The summed E-state index contributed by atoms with van der Waals surface area (Å²) in [6.07, 6.45) is 2.25. The van der Waals surface area contributed by atoms with Gasteiger partial charge in [-0.3, -0.25) is 4.79 Å². The summed E-state index contributed by atoms with van der Waals surface area (Å²) < 4.78 is 5.41. The molecule has 0 spiro atoms. The van der Waals surface area contributed by atoms with Crippen LogP contribution < -0.4 is 10.1 Å². The number of amides is 1. The zero-order valence-electron chi connectivity index (χ0n) is 14.2. The monoisotopic (exact) mass is 322 g/mol. The van der Waals surface area contributed by atoms with Gasteiger partial charge in [0.15, 0.2) is 0 Å². The summed E-state index contributed by atoms with van der Waals surface area (Å²) in [7, 11) is 1.65. The summed E-state index contributed by atoms with van der Waals surface area (Å²) in [4.78, 5) is 15.7. The first-order valence-corrected chi connectivity index (χ1v) is 8.07. The molecule has 0 aliphatic rings. The van der Waals surface area contributed by atoms with E-state index in [9.17, 15) is 4.79 Å². The summed E-state index contributed by atoms with van der Waals surface area (Å²) in [5, 5.41) is 4.16. The lowest BCUT2D eigenvalue weighted by Crippen LogP contribution is -2.28. The number of carbonyl (C=O) groups excluding carboxylic acids is 1. The molecule has 0 saturated carbocycles. The maximum atomic E-state index is 12.5. The Bertz CT molecular complexity index is 867. The maximum Gasteiger partial charge on any atom is 0.224 e. The highest BCUT2D eigenvalue weighted by atomic mass is 16.5. The molecule has 3 aromatic rings. The number of ether oxygens (including phenoxy) is 1. The highest BCUT2D eigenvalue weighted by Gasteiger charge is 2.15. The van der Waals surface area contributed by atoms with Crippen LogP contribution in [0.15, 0.2) is 48.7 Å². The van der Waals surface area contributed by atoms with E-state index in [4.69, 9.17) is 4.74 Å². The highest BCUT2D eigenvalue weighted by Crippen LogP contribution is 2.26. The van der Waals surface area contributed by atoms with E-state index in [1.807, 2.05) is 56.4 Å². The third-order valence-corrected chi connectivity index (χ3v) is 4.26. The van der Waals surface area contributed by atoms with Crippen molar-refractivity contribution in [1.82, 2.24) is 10.3 Å². The van der Waals surface area contributed by atoms with Crippen molar-refractivity contribution in [1.29, 1.82) is 0 Å². The minimum absolute atomic E-state index is 0.00388. The van der Waals surface area contributed by atoms with E-state index < -0.39 is 0 Å². The van der Waals surface area contributed by atoms with Crippen LogP contribution in [0, 0.1) is 6.92 Å². The Hall–Kier alpha value is -2.75. The van der Waals surface area contributed by atoms with Crippen LogP contribution in [0.5, 0.6) is 5.75 Å². The molecule has 0 fully saturated rings. The van der Waals surface area contributed by atoms with Crippen LogP contribution in [0.25, 0.3) is 10.9 Å². The number of rotatable bonds is 5. The Balaban J connectivity index is 1.74. The molecule has 24 heavy (non-hydrogen) atoms. The molecule has 4 heteroatoms. The van der Waals surface area contributed by atoms with Gasteiger partial charge >= 0.3 is 0 Å². The van der Waals surface area contributed by atoms with Crippen LogP contribution in [0.2, 0.25) is 0 Å². The number of aromatic amines is 1. The van der Waals surface area contributed by atoms with Crippen molar-refractivity contribution in [2.75, 3.05) is 7.11 Å². The predicted molar refractivity (Wildman–Crippen MR) is 96.3 cm³/mol. The summed E-state index contributed by atoms with van der Waals surface area (Å²) in [6, 6.07) is 13.9. The number of H-pyrrole nitrogens is 1. The van der Waals surface area contributed by atoms with E-state index >= 15 is 0 Å². The Morgan fingerprint density at radius 3 is 2.83 bits per heavy atom. The van der Waals surface area contributed by atoms with E-state index in [2.05, 4.69) is 16.4 Å². The first-order chi connectivity index (χ1) is 11.6. The van der Waals surface area contributed by atoms with Crippen LogP contribution >= 0.6 is 0 Å². The fourth-order valence-corrected chi connectivity index (χ4v) is 3.01. The minimum Gasteiger partial charge on any atom is -0.496 e.